The second kappa shape index (κ2) is 8.74. The molecule has 0 spiro atoms. The van der Waals surface area contributed by atoms with Gasteiger partial charge in [-0.15, -0.1) is 0 Å². The van der Waals surface area contributed by atoms with Gasteiger partial charge in [0.25, 0.3) is 0 Å². The molecule has 0 heterocycles. The molecular formula is C18H21NO7S. The fraction of sp³-hybridized carbons (Fsp3) is 0.278. The molecule has 0 aliphatic heterocycles. The molecule has 27 heavy (non-hydrogen) atoms. The highest BCUT2D eigenvalue weighted by molar-refractivity contribution is 7.92. The Morgan fingerprint density at radius 3 is 2.37 bits per heavy atom. The zero-order chi connectivity index (χ0) is 20.0. The Hall–Kier alpha value is -2.78. The number of ether oxygens (including phenoxy) is 4. The van der Waals surface area contributed by atoms with Crippen LogP contribution in [-0.4, -0.2) is 48.8 Å². The average molecular weight is 395 g/mol. The maximum absolute atomic E-state index is 12.3. The topological polar surface area (TPSA) is 100 Å². The summed E-state index contributed by atoms with van der Waals surface area (Å²) in [4.78, 5) is 12.3. The van der Waals surface area contributed by atoms with Crippen molar-refractivity contribution >= 4 is 21.7 Å². The number of esters is 1. The lowest BCUT2D eigenvalue weighted by molar-refractivity contribution is 0.0514. The van der Waals surface area contributed by atoms with Crippen LogP contribution in [0.5, 0.6) is 11.5 Å². The molecule has 146 valence electrons. The van der Waals surface area contributed by atoms with E-state index in [1.165, 1.54) is 33.5 Å². The average Bonchev–Trinajstić information content (AvgIpc) is 2.64. The molecule has 8 nitrogen and oxygen atoms in total. The molecule has 0 aliphatic carbocycles. The van der Waals surface area contributed by atoms with Crippen LogP contribution >= 0.6 is 0 Å². The molecule has 0 saturated heterocycles. The molecule has 0 atom stereocenters. The van der Waals surface area contributed by atoms with E-state index in [1.807, 2.05) is 0 Å². The number of sulfonamides is 1. The summed E-state index contributed by atoms with van der Waals surface area (Å²) in [5, 5.41) is 0. The summed E-state index contributed by atoms with van der Waals surface area (Å²) in [5.74, 6) is 0.272. The lowest BCUT2D eigenvalue weighted by Gasteiger charge is -2.17. The fourth-order valence-corrected chi connectivity index (χ4v) is 3.06. The Labute approximate surface area is 158 Å². The summed E-state index contributed by atoms with van der Waals surface area (Å²) < 4.78 is 46.2. The van der Waals surface area contributed by atoms with Gasteiger partial charge in [-0.1, -0.05) is 12.1 Å². The molecule has 0 bridgehead atoms. The van der Waals surface area contributed by atoms with Crippen LogP contribution in [0, 0.1) is 0 Å². The van der Waals surface area contributed by atoms with Gasteiger partial charge >= 0.3 is 5.97 Å². The molecule has 2 rings (SSSR count). The Bertz CT molecular complexity index is 925. The van der Waals surface area contributed by atoms with Gasteiger partial charge in [0.15, 0.2) is 6.79 Å². The van der Waals surface area contributed by atoms with Crippen molar-refractivity contribution in [3.05, 3.63) is 42.0 Å². The molecule has 1 N–H and O–H groups in total. The van der Waals surface area contributed by atoms with Crippen molar-refractivity contribution in [3.63, 3.8) is 0 Å². The fourth-order valence-electron chi connectivity index (χ4n) is 2.51. The number of benzene rings is 2. The van der Waals surface area contributed by atoms with E-state index in [1.54, 1.807) is 24.3 Å². The van der Waals surface area contributed by atoms with Crippen molar-refractivity contribution in [2.45, 2.75) is 0 Å². The summed E-state index contributed by atoms with van der Waals surface area (Å²) >= 11 is 0. The maximum atomic E-state index is 12.3. The predicted molar refractivity (Wildman–Crippen MR) is 101 cm³/mol. The third-order valence-corrected chi connectivity index (χ3v) is 4.14. The van der Waals surface area contributed by atoms with Gasteiger partial charge in [-0.2, -0.15) is 0 Å². The zero-order valence-corrected chi connectivity index (χ0v) is 16.3. The summed E-state index contributed by atoms with van der Waals surface area (Å²) in [6.45, 7) is 0.00143. The van der Waals surface area contributed by atoms with Crippen molar-refractivity contribution in [1.29, 1.82) is 0 Å². The number of hydrogen-bond acceptors (Lipinski definition) is 7. The minimum absolute atomic E-state index is 0.00143. The first-order chi connectivity index (χ1) is 12.8. The van der Waals surface area contributed by atoms with Crippen LogP contribution in [-0.2, 0) is 19.5 Å². The van der Waals surface area contributed by atoms with Gasteiger partial charge < -0.3 is 18.9 Å². The molecular weight excluding hydrogens is 374 g/mol. The molecule has 0 aliphatic rings. The summed E-state index contributed by atoms with van der Waals surface area (Å²) in [7, 11) is 0.726. The molecule has 2 aromatic carbocycles. The molecule has 9 heteroatoms. The minimum atomic E-state index is -3.50. The highest BCUT2D eigenvalue weighted by Crippen LogP contribution is 2.41. The second-order valence-electron chi connectivity index (χ2n) is 5.51. The predicted octanol–water partition coefficient (Wildman–Crippen LogP) is 2.50. The summed E-state index contributed by atoms with van der Waals surface area (Å²) in [6, 6.07) is 9.70. The monoisotopic (exact) mass is 395 g/mol. The molecule has 0 aromatic heterocycles. The van der Waals surface area contributed by atoms with Crippen LogP contribution in [0.2, 0.25) is 0 Å². The first-order valence-electron chi connectivity index (χ1n) is 7.80. The Balaban J connectivity index is 2.68. The number of rotatable bonds is 8. The van der Waals surface area contributed by atoms with E-state index in [2.05, 4.69) is 4.72 Å². The first kappa shape index (κ1) is 20.5. The Morgan fingerprint density at radius 2 is 1.78 bits per heavy atom. The van der Waals surface area contributed by atoms with Gasteiger partial charge in [-0.05, 0) is 24.3 Å². The molecule has 2 aromatic rings. The number of hydrogen-bond donors (Lipinski definition) is 1. The minimum Gasteiger partial charge on any atom is -0.496 e. The van der Waals surface area contributed by atoms with Gasteiger partial charge in [0.05, 0.1) is 31.6 Å². The SMILES string of the molecule is COCOc1cccc(OC)c1-c1ccc(NS(C)(=O)=O)cc1C(=O)OC. The van der Waals surface area contributed by atoms with Gasteiger partial charge in [-0.3, -0.25) is 4.72 Å². The van der Waals surface area contributed by atoms with Crippen molar-refractivity contribution in [1.82, 2.24) is 0 Å². The lowest BCUT2D eigenvalue weighted by atomic mass is 9.97. The van der Waals surface area contributed by atoms with Gasteiger partial charge in [0.1, 0.15) is 11.5 Å². The van der Waals surface area contributed by atoms with Gasteiger partial charge in [0, 0.05) is 18.4 Å². The summed E-state index contributed by atoms with van der Waals surface area (Å²) in [6.07, 6.45) is 1.02. The molecule has 0 amide bonds. The molecule has 0 unspecified atom stereocenters. The third-order valence-electron chi connectivity index (χ3n) is 3.54. The number of carbonyl (C=O) groups is 1. The van der Waals surface area contributed by atoms with Crippen molar-refractivity contribution < 1.29 is 32.2 Å². The number of nitrogens with one attached hydrogen (secondary N) is 1. The first-order valence-corrected chi connectivity index (χ1v) is 9.69. The molecule has 0 fully saturated rings. The lowest BCUT2D eigenvalue weighted by Crippen LogP contribution is -2.11. The Kier molecular flexibility index (Phi) is 6.65. The Morgan fingerprint density at radius 1 is 1.07 bits per heavy atom. The van der Waals surface area contributed by atoms with Crippen LogP contribution < -0.4 is 14.2 Å². The highest BCUT2D eigenvalue weighted by Gasteiger charge is 2.21. The molecule has 0 saturated carbocycles. The van der Waals surface area contributed by atoms with Gasteiger partial charge in [0.2, 0.25) is 10.0 Å². The van der Waals surface area contributed by atoms with Crippen LogP contribution in [0.25, 0.3) is 11.1 Å². The normalized spacial score (nSPS) is 11.0. The second-order valence-corrected chi connectivity index (χ2v) is 7.26. The largest absolute Gasteiger partial charge is 0.496 e. The van der Waals surface area contributed by atoms with Crippen molar-refractivity contribution in [2.75, 3.05) is 39.1 Å². The smallest absolute Gasteiger partial charge is 0.338 e. The number of carbonyl (C=O) groups excluding carboxylic acids is 1. The van der Waals surface area contributed by atoms with E-state index in [0.717, 1.165) is 6.26 Å². The van der Waals surface area contributed by atoms with Gasteiger partial charge in [-0.25, -0.2) is 13.2 Å². The van der Waals surface area contributed by atoms with Crippen LogP contribution in [0.4, 0.5) is 5.69 Å². The van der Waals surface area contributed by atoms with Crippen LogP contribution in [0.15, 0.2) is 36.4 Å². The molecule has 0 radical (unpaired) electrons. The zero-order valence-electron chi connectivity index (χ0n) is 15.4. The van der Waals surface area contributed by atoms with E-state index in [0.29, 0.717) is 22.6 Å². The van der Waals surface area contributed by atoms with Crippen LogP contribution in [0.1, 0.15) is 10.4 Å². The quantitative estimate of drug-likeness (QED) is 0.541. The summed E-state index contributed by atoms with van der Waals surface area (Å²) in [5.41, 5.74) is 1.36. The van der Waals surface area contributed by atoms with Crippen LogP contribution in [0.3, 0.4) is 0 Å². The standard InChI is InChI=1S/C18H21NO7S/c1-23-11-26-16-7-5-6-15(24-2)17(16)13-9-8-12(19-27(4,21)22)10-14(13)18(20)25-3/h5-10,19H,11H2,1-4H3. The maximum Gasteiger partial charge on any atom is 0.338 e. The van der Waals surface area contributed by atoms with Crippen molar-refractivity contribution in [3.8, 4) is 22.6 Å². The van der Waals surface area contributed by atoms with E-state index >= 15 is 0 Å². The highest BCUT2D eigenvalue weighted by atomic mass is 32.2. The number of anilines is 1. The van der Waals surface area contributed by atoms with Crippen molar-refractivity contribution in [2.24, 2.45) is 0 Å². The number of methoxy groups -OCH3 is 3. The van der Waals surface area contributed by atoms with E-state index < -0.39 is 16.0 Å². The van der Waals surface area contributed by atoms with E-state index in [4.69, 9.17) is 18.9 Å². The van der Waals surface area contributed by atoms with E-state index in [9.17, 15) is 13.2 Å². The third kappa shape index (κ3) is 5.11. The van der Waals surface area contributed by atoms with E-state index in [-0.39, 0.29) is 18.0 Å².